The predicted octanol–water partition coefficient (Wildman–Crippen LogP) is 1.49. The highest BCUT2D eigenvalue weighted by molar-refractivity contribution is 6.04. The van der Waals surface area contributed by atoms with E-state index in [9.17, 15) is 9.59 Å². The van der Waals surface area contributed by atoms with Crippen molar-refractivity contribution in [2.24, 2.45) is 11.1 Å². The molecule has 0 saturated heterocycles. The third kappa shape index (κ3) is 1.56. The van der Waals surface area contributed by atoms with Gasteiger partial charge in [-0.2, -0.15) is 0 Å². The van der Waals surface area contributed by atoms with Gasteiger partial charge in [0, 0.05) is 23.2 Å². The summed E-state index contributed by atoms with van der Waals surface area (Å²) in [6, 6.07) is 5.45. The van der Waals surface area contributed by atoms with Gasteiger partial charge in [0.15, 0.2) is 5.78 Å². The number of anilines is 1. The van der Waals surface area contributed by atoms with Crippen LogP contribution >= 0.6 is 0 Å². The summed E-state index contributed by atoms with van der Waals surface area (Å²) < 4.78 is 0. The van der Waals surface area contributed by atoms with Crippen molar-refractivity contribution in [1.82, 2.24) is 0 Å². The monoisotopic (exact) mass is 244 g/mol. The van der Waals surface area contributed by atoms with Crippen molar-refractivity contribution in [3.63, 3.8) is 0 Å². The molecular formula is C14H16N2O2. The largest absolute Gasteiger partial charge is 0.329 e. The molecule has 1 fully saturated rings. The topological polar surface area (TPSA) is 72.2 Å². The number of hydrogen-bond acceptors (Lipinski definition) is 3. The summed E-state index contributed by atoms with van der Waals surface area (Å²) in [6.45, 7) is 0.417. The van der Waals surface area contributed by atoms with E-state index in [4.69, 9.17) is 5.73 Å². The lowest BCUT2D eigenvalue weighted by Crippen LogP contribution is -2.44. The van der Waals surface area contributed by atoms with Crippen molar-refractivity contribution in [3.05, 3.63) is 29.3 Å². The molecule has 0 atom stereocenters. The summed E-state index contributed by atoms with van der Waals surface area (Å²) in [5.41, 5.74) is 7.84. The fourth-order valence-electron chi connectivity index (χ4n) is 2.80. The molecule has 0 spiro atoms. The smallest absolute Gasteiger partial charge is 0.228 e. The maximum atomic E-state index is 12.5. The fourth-order valence-corrected chi connectivity index (χ4v) is 2.80. The van der Waals surface area contributed by atoms with E-state index in [1.54, 1.807) is 6.07 Å². The van der Waals surface area contributed by atoms with Crippen LogP contribution in [-0.4, -0.2) is 18.2 Å². The molecule has 1 heterocycles. The van der Waals surface area contributed by atoms with E-state index in [1.807, 2.05) is 12.1 Å². The van der Waals surface area contributed by atoms with Crippen molar-refractivity contribution in [2.75, 3.05) is 11.9 Å². The van der Waals surface area contributed by atoms with Gasteiger partial charge in [0.2, 0.25) is 5.91 Å². The Morgan fingerprint density at radius 3 is 2.78 bits per heavy atom. The summed E-state index contributed by atoms with van der Waals surface area (Å²) in [4.78, 5) is 23.8. The summed E-state index contributed by atoms with van der Waals surface area (Å²) >= 11 is 0. The van der Waals surface area contributed by atoms with Crippen LogP contribution in [-0.2, 0) is 11.2 Å². The van der Waals surface area contributed by atoms with Gasteiger partial charge in [0.25, 0.3) is 0 Å². The van der Waals surface area contributed by atoms with Crippen LogP contribution in [0.3, 0.4) is 0 Å². The molecule has 0 aromatic heterocycles. The first-order chi connectivity index (χ1) is 8.64. The summed E-state index contributed by atoms with van der Waals surface area (Å²) in [5.74, 6) is 0.130. The van der Waals surface area contributed by atoms with Gasteiger partial charge in [-0.05, 0) is 36.6 Å². The SMILES string of the molecule is NCC1(C(=O)c2ccc3c(c2)CC(=O)N3)CCC1. The van der Waals surface area contributed by atoms with Gasteiger partial charge >= 0.3 is 0 Å². The third-order valence-electron chi connectivity index (χ3n) is 4.18. The van der Waals surface area contributed by atoms with Crippen molar-refractivity contribution in [2.45, 2.75) is 25.7 Å². The molecule has 1 amide bonds. The van der Waals surface area contributed by atoms with Crippen LogP contribution in [0.15, 0.2) is 18.2 Å². The van der Waals surface area contributed by atoms with Gasteiger partial charge < -0.3 is 11.1 Å². The molecule has 94 valence electrons. The first kappa shape index (κ1) is 11.4. The summed E-state index contributed by atoms with van der Waals surface area (Å²) in [5, 5.41) is 2.77. The standard InChI is InChI=1S/C14H16N2O2/c15-8-14(4-1-5-14)13(18)9-2-3-11-10(6-9)7-12(17)16-11/h2-3,6H,1,4-5,7-8,15H2,(H,16,17). The minimum atomic E-state index is -0.343. The Morgan fingerprint density at radius 1 is 1.39 bits per heavy atom. The Balaban J connectivity index is 1.92. The molecule has 1 aliphatic heterocycles. The highest BCUT2D eigenvalue weighted by Crippen LogP contribution is 2.43. The van der Waals surface area contributed by atoms with Crippen molar-refractivity contribution in [1.29, 1.82) is 0 Å². The predicted molar refractivity (Wildman–Crippen MR) is 68.4 cm³/mol. The van der Waals surface area contributed by atoms with E-state index in [0.29, 0.717) is 18.5 Å². The maximum absolute atomic E-state index is 12.5. The number of amides is 1. The second-order valence-corrected chi connectivity index (χ2v) is 5.26. The number of ketones is 1. The third-order valence-corrected chi connectivity index (χ3v) is 4.18. The first-order valence-corrected chi connectivity index (χ1v) is 6.32. The number of hydrogen-bond donors (Lipinski definition) is 2. The van der Waals surface area contributed by atoms with E-state index >= 15 is 0 Å². The van der Waals surface area contributed by atoms with Crippen LogP contribution in [0.2, 0.25) is 0 Å². The normalized spacial score (nSPS) is 19.9. The number of nitrogens with two attached hydrogens (primary N) is 1. The van der Waals surface area contributed by atoms with Gasteiger partial charge in [-0.1, -0.05) is 6.42 Å². The van der Waals surface area contributed by atoms with Gasteiger partial charge in [0.1, 0.15) is 0 Å². The zero-order chi connectivity index (χ0) is 12.8. The van der Waals surface area contributed by atoms with Crippen LogP contribution < -0.4 is 11.1 Å². The summed E-state index contributed by atoms with van der Waals surface area (Å²) in [7, 11) is 0. The second kappa shape index (κ2) is 3.92. The summed E-state index contributed by atoms with van der Waals surface area (Å²) in [6.07, 6.45) is 3.22. The number of rotatable bonds is 3. The number of Topliss-reactive ketones (excluding diaryl/α,β-unsaturated/α-hetero) is 1. The average Bonchev–Trinajstić information content (AvgIpc) is 2.67. The number of fused-ring (bicyclic) bond motifs is 1. The zero-order valence-corrected chi connectivity index (χ0v) is 10.2. The number of nitrogens with one attached hydrogen (secondary N) is 1. The first-order valence-electron chi connectivity index (χ1n) is 6.32. The molecule has 1 saturated carbocycles. The molecule has 3 N–H and O–H groups in total. The number of carbonyl (C=O) groups excluding carboxylic acids is 2. The van der Waals surface area contributed by atoms with Crippen molar-refractivity contribution >= 4 is 17.4 Å². The molecule has 3 rings (SSSR count). The molecule has 18 heavy (non-hydrogen) atoms. The second-order valence-electron chi connectivity index (χ2n) is 5.26. The quantitative estimate of drug-likeness (QED) is 0.791. The highest BCUT2D eigenvalue weighted by atomic mass is 16.2. The molecule has 0 radical (unpaired) electrons. The van der Waals surface area contributed by atoms with Crippen LogP contribution in [0.5, 0.6) is 0 Å². The molecule has 1 aliphatic carbocycles. The van der Waals surface area contributed by atoms with Gasteiger partial charge in [-0.15, -0.1) is 0 Å². The Morgan fingerprint density at radius 2 is 2.17 bits per heavy atom. The molecule has 2 aliphatic rings. The van der Waals surface area contributed by atoms with E-state index in [2.05, 4.69) is 5.32 Å². The molecule has 1 aromatic carbocycles. The van der Waals surface area contributed by atoms with E-state index in [1.165, 1.54) is 0 Å². The minimum Gasteiger partial charge on any atom is -0.329 e. The molecule has 4 nitrogen and oxygen atoms in total. The van der Waals surface area contributed by atoms with Gasteiger partial charge in [0.05, 0.1) is 6.42 Å². The molecule has 0 bridgehead atoms. The lowest BCUT2D eigenvalue weighted by Gasteiger charge is -2.39. The Hall–Kier alpha value is -1.68. The Labute approximate surface area is 106 Å². The number of carbonyl (C=O) groups is 2. The molecule has 0 unspecified atom stereocenters. The van der Waals surface area contributed by atoms with Crippen LogP contribution in [0.25, 0.3) is 0 Å². The Kier molecular flexibility index (Phi) is 2.48. The average molecular weight is 244 g/mol. The lowest BCUT2D eigenvalue weighted by atomic mass is 9.64. The molecule has 4 heteroatoms. The lowest BCUT2D eigenvalue weighted by molar-refractivity contribution is -0.115. The van der Waals surface area contributed by atoms with E-state index in [0.717, 1.165) is 30.5 Å². The molecular weight excluding hydrogens is 228 g/mol. The van der Waals surface area contributed by atoms with Crippen LogP contribution in [0, 0.1) is 5.41 Å². The van der Waals surface area contributed by atoms with Crippen LogP contribution in [0.4, 0.5) is 5.69 Å². The fraction of sp³-hybridized carbons (Fsp3) is 0.429. The van der Waals surface area contributed by atoms with Crippen LogP contribution in [0.1, 0.15) is 35.2 Å². The minimum absolute atomic E-state index is 0.00761. The highest BCUT2D eigenvalue weighted by Gasteiger charge is 2.43. The van der Waals surface area contributed by atoms with E-state index < -0.39 is 0 Å². The van der Waals surface area contributed by atoms with Gasteiger partial charge in [-0.3, -0.25) is 9.59 Å². The van der Waals surface area contributed by atoms with Gasteiger partial charge in [-0.25, -0.2) is 0 Å². The van der Waals surface area contributed by atoms with Crippen molar-refractivity contribution in [3.8, 4) is 0 Å². The van der Waals surface area contributed by atoms with E-state index in [-0.39, 0.29) is 17.1 Å². The maximum Gasteiger partial charge on any atom is 0.228 e. The number of benzene rings is 1. The van der Waals surface area contributed by atoms with Crippen molar-refractivity contribution < 1.29 is 9.59 Å². The Bertz CT molecular complexity index is 527. The molecule has 1 aromatic rings. The zero-order valence-electron chi connectivity index (χ0n) is 10.2.